The van der Waals surface area contributed by atoms with Crippen LogP contribution in [0, 0.1) is 6.92 Å². The monoisotopic (exact) mass is 256 g/mol. The van der Waals surface area contributed by atoms with Gasteiger partial charge in [0.2, 0.25) is 0 Å². The predicted molar refractivity (Wildman–Crippen MR) is 75.7 cm³/mol. The third-order valence-electron chi connectivity index (χ3n) is 3.94. The number of nitrogens with zero attached hydrogens (tertiary/aromatic N) is 2. The fraction of sp³-hybridized carbons (Fsp3) is 0.438. The zero-order valence-corrected chi connectivity index (χ0v) is 11.6. The molecular formula is C16H20N2O. The summed E-state index contributed by atoms with van der Waals surface area (Å²) in [5, 5.41) is 0. The smallest absolute Gasteiger partial charge is 0.123 e. The molecule has 0 fully saturated rings. The fourth-order valence-corrected chi connectivity index (χ4v) is 2.95. The SMILES string of the molecule is COc1ccccc1Cn1c(C)nc2c1CCCC2. The van der Waals surface area contributed by atoms with Crippen LogP contribution in [0.3, 0.4) is 0 Å². The molecule has 0 radical (unpaired) electrons. The number of benzene rings is 1. The largest absolute Gasteiger partial charge is 0.496 e. The highest BCUT2D eigenvalue weighted by Gasteiger charge is 2.18. The summed E-state index contributed by atoms with van der Waals surface area (Å²) in [4.78, 5) is 4.72. The maximum atomic E-state index is 5.44. The Morgan fingerprint density at radius 1 is 1.21 bits per heavy atom. The first-order chi connectivity index (χ1) is 9.29. The first kappa shape index (κ1) is 12.3. The minimum absolute atomic E-state index is 0.859. The molecule has 1 heterocycles. The Morgan fingerprint density at radius 2 is 2.00 bits per heavy atom. The van der Waals surface area contributed by atoms with E-state index in [2.05, 4.69) is 23.6 Å². The lowest BCUT2D eigenvalue weighted by molar-refractivity contribution is 0.408. The van der Waals surface area contributed by atoms with E-state index in [-0.39, 0.29) is 0 Å². The highest BCUT2D eigenvalue weighted by Crippen LogP contribution is 2.25. The Hall–Kier alpha value is -1.77. The molecule has 19 heavy (non-hydrogen) atoms. The molecule has 1 aromatic carbocycles. The summed E-state index contributed by atoms with van der Waals surface area (Å²) in [6.45, 7) is 2.96. The molecule has 0 saturated carbocycles. The van der Waals surface area contributed by atoms with E-state index < -0.39 is 0 Å². The number of aromatic nitrogens is 2. The normalized spacial score (nSPS) is 14.2. The van der Waals surface area contributed by atoms with Gasteiger partial charge in [0.05, 0.1) is 19.3 Å². The summed E-state index contributed by atoms with van der Waals surface area (Å²) < 4.78 is 7.80. The summed E-state index contributed by atoms with van der Waals surface area (Å²) in [6.07, 6.45) is 4.85. The number of imidazole rings is 1. The van der Waals surface area contributed by atoms with Crippen LogP contribution in [0.4, 0.5) is 0 Å². The second kappa shape index (κ2) is 5.08. The first-order valence-corrected chi connectivity index (χ1v) is 6.96. The Bertz CT molecular complexity index is 586. The zero-order valence-electron chi connectivity index (χ0n) is 11.6. The van der Waals surface area contributed by atoms with Gasteiger partial charge in [0.25, 0.3) is 0 Å². The summed E-state index contributed by atoms with van der Waals surface area (Å²) in [5.74, 6) is 2.08. The quantitative estimate of drug-likeness (QED) is 0.843. The van der Waals surface area contributed by atoms with Crippen LogP contribution in [0.25, 0.3) is 0 Å². The van der Waals surface area contributed by atoms with E-state index in [9.17, 15) is 0 Å². The Labute approximate surface area is 114 Å². The summed E-state index contributed by atoms with van der Waals surface area (Å²) >= 11 is 0. The average Bonchev–Trinajstić information content (AvgIpc) is 2.76. The van der Waals surface area contributed by atoms with Gasteiger partial charge in [0.1, 0.15) is 11.6 Å². The molecule has 100 valence electrons. The molecule has 0 atom stereocenters. The number of fused-ring (bicyclic) bond motifs is 1. The number of rotatable bonds is 3. The number of aryl methyl sites for hydroxylation is 2. The van der Waals surface area contributed by atoms with Crippen molar-refractivity contribution in [1.29, 1.82) is 0 Å². The van der Waals surface area contributed by atoms with Gasteiger partial charge in [-0.05, 0) is 38.7 Å². The molecule has 0 bridgehead atoms. The maximum absolute atomic E-state index is 5.44. The van der Waals surface area contributed by atoms with Gasteiger partial charge < -0.3 is 9.30 Å². The van der Waals surface area contributed by atoms with Gasteiger partial charge in [-0.1, -0.05) is 18.2 Å². The van der Waals surface area contributed by atoms with Crippen LogP contribution in [-0.2, 0) is 19.4 Å². The molecule has 0 amide bonds. The van der Waals surface area contributed by atoms with Crippen molar-refractivity contribution in [3.63, 3.8) is 0 Å². The molecular weight excluding hydrogens is 236 g/mol. The standard InChI is InChI=1S/C16H20N2O/c1-12-17-14-8-4-5-9-15(14)18(12)11-13-7-3-6-10-16(13)19-2/h3,6-7,10H,4-5,8-9,11H2,1-2H3. The average molecular weight is 256 g/mol. The Kier molecular flexibility index (Phi) is 3.28. The molecule has 1 aromatic heterocycles. The maximum Gasteiger partial charge on any atom is 0.123 e. The number of hydrogen-bond donors (Lipinski definition) is 0. The van der Waals surface area contributed by atoms with E-state index in [1.807, 2.05) is 12.1 Å². The van der Waals surface area contributed by atoms with Crippen molar-refractivity contribution >= 4 is 0 Å². The van der Waals surface area contributed by atoms with E-state index in [0.29, 0.717) is 0 Å². The molecule has 3 nitrogen and oxygen atoms in total. The van der Waals surface area contributed by atoms with Crippen molar-refractivity contribution in [2.75, 3.05) is 7.11 Å². The van der Waals surface area contributed by atoms with Crippen LogP contribution in [0.1, 0.15) is 35.6 Å². The minimum Gasteiger partial charge on any atom is -0.496 e. The van der Waals surface area contributed by atoms with Crippen molar-refractivity contribution < 1.29 is 4.74 Å². The van der Waals surface area contributed by atoms with Gasteiger partial charge in [0, 0.05) is 11.3 Å². The summed E-state index contributed by atoms with van der Waals surface area (Å²) in [7, 11) is 1.73. The van der Waals surface area contributed by atoms with Crippen molar-refractivity contribution in [2.45, 2.75) is 39.2 Å². The highest BCUT2D eigenvalue weighted by atomic mass is 16.5. The van der Waals surface area contributed by atoms with E-state index >= 15 is 0 Å². The predicted octanol–water partition coefficient (Wildman–Crippen LogP) is 3.13. The first-order valence-electron chi connectivity index (χ1n) is 6.96. The molecule has 3 rings (SSSR count). The van der Waals surface area contributed by atoms with E-state index in [1.54, 1.807) is 7.11 Å². The van der Waals surface area contributed by atoms with Crippen LogP contribution in [0.2, 0.25) is 0 Å². The van der Waals surface area contributed by atoms with Crippen LogP contribution >= 0.6 is 0 Å². The lowest BCUT2D eigenvalue weighted by Gasteiger charge is -2.16. The topological polar surface area (TPSA) is 27.1 Å². The molecule has 0 unspecified atom stereocenters. The minimum atomic E-state index is 0.859. The molecule has 2 aromatic rings. The molecule has 3 heteroatoms. The highest BCUT2D eigenvalue weighted by molar-refractivity contribution is 5.34. The zero-order chi connectivity index (χ0) is 13.2. The lowest BCUT2D eigenvalue weighted by atomic mass is 10.0. The molecule has 0 N–H and O–H groups in total. The van der Waals surface area contributed by atoms with Gasteiger partial charge in [-0.25, -0.2) is 4.98 Å². The molecule has 0 saturated heterocycles. The van der Waals surface area contributed by atoms with Crippen molar-refractivity contribution in [3.8, 4) is 5.75 Å². The molecule has 0 spiro atoms. The summed E-state index contributed by atoms with van der Waals surface area (Å²) in [5.41, 5.74) is 3.95. The van der Waals surface area contributed by atoms with Gasteiger partial charge >= 0.3 is 0 Å². The number of hydrogen-bond acceptors (Lipinski definition) is 2. The van der Waals surface area contributed by atoms with Gasteiger partial charge in [-0.15, -0.1) is 0 Å². The molecule has 1 aliphatic rings. The second-order valence-electron chi connectivity index (χ2n) is 5.16. The van der Waals surface area contributed by atoms with Crippen molar-refractivity contribution in [1.82, 2.24) is 9.55 Å². The molecule has 1 aliphatic carbocycles. The van der Waals surface area contributed by atoms with Crippen molar-refractivity contribution in [3.05, 3.63) is 47.0 Å². The second-order valence-corrected chi connectivity index (χ2v) is 5.16. The summed E-state index contributed by atoms with van der Waals surface area (Å²) in [6, 6.07) is 8.23. The third kappa shape index (κ3) is 2.25. The fourth-order valence-electron chi connectivity index (χ4n) is 2.95. The third-order valence-corrected chi connectivity index (χ3v) is 3.94. The van der Waals surface area contributed by atoms with Gasteiger partial charge in [0.15, 0.2) is 0 Å². The Balaban J connectivity index is 1.97. The number of para-hydroxylation sites is 1. The van der Waals surface area contributed by atoms with Crippen molar-refractivity contribution in [2.24, 2.45) is 0 Å². The van der Waals surface area contributed by atoms with Gasteiger partial charge in [-0.3, -0.25) is 0 Å². The van der Waals surface area contributed by atoms with Crippen LogP contribution < -0.4 is 4.74 Å². The van der Waals surface area contributed by atoms with E-state index in [4.69, 9.17) is 9.72 Å². The van der Waals surface area contributed by atoms with Crippen LogP contribution in [-0.4, -0.2) is 16.7 Å². The van der Waals surface area contributed by atoms with Crippen LogP contribution in [0.5, 0.6) is 5.75 Å². The van der Waals surface area contributed by atoms with Gasteiger partial charge in [-0.2, -0.15) is 0 Å². The molecule has 0 aliphatic heterocycles. The van der Waals surface area contributed by atoms with E-state index in [1.165, 1.54) is 29.8 Å². The number of methoxy groups -OCH3 is 1. The van der Waals surface area contributed by atoms with Crippen LogP contribution in [0.15, 0.2) is 24.3 Å². The lowest BCUT2D eigenvalue weighted by Crippen LogP contribution is -2.10. The number of ether oxygens (including phenoxy) is 1. The van der Waals surface area contributed by atoms with E-state index in [0.717, 1.165) is 31.0 Å². The Morgan fingerprint density at radius 3 is 2.84 bits per heavy atom.